The Morgan fingerprint density at radius 3 is 2.65 bits per heavy atom. The maximum atomic E-state index is 5.54. The molecule has 3 heteroatoms. The fourth-order valence-electron chi connectivity index (χ4n) is 1.75. The zero-order chi connectivity index (χ0) is 12.8. The van der Waals surface area contributed by atoms with Gasteiger partial charge in [0.15, 0.2) is 0 Å². The van der Waals surface area contributed by atoms with E-state index in [4.69, 9.17) is 11.6 Å². The summed E-state index contributed by atoms with van der Waals surface area (Å²) in [5.74, 6) is 0. The van der Waals surface area contributed by atoms with Crippen LogP contribution in [0.5, 0.6) is 0 Å². The van der Waals surface area contributed by atoms with Gasteiger partial charge in [0.1, 0.15) is 7.85 Å². The summed E-state index contributed by atoms with van der Waals surface area (Å²) < 4.78 is 0. The highest BCUT2D eigenvalue weighted by Crippen LogP contribution is 2.20. The number of rotatable bonds is 4. The number of halogens is 1. The average Bonchev–Trinajstić information content (AvgIpc) is 2.53. The topological polar surface area (TPSA) is 0 Å². The Morgan fingerprint density at radius 1 is 1.47 bits per heavy atom. The summed E-state index contributed by atoms with van der Waals surface area (Å²) in [6.07, 6.45) is 6.64. The molecular formula is C14H16BClS. The lowest BCUT2D eigenvalue weighted by molar-refractivity contribution is 1.20. The Bertz CT molecular complexity index is 503. The van der Waals surface area contributed by atoms with Crippen LogP contribution in [0.2, 0.25) is 0 Å². The van der Waals surface area contributed by atoms with E-state index in [9.17, 15) is 0 Å². The summed E-state index contributed by atoms with van der Waals surface area (Å²) in [7, 11) is 2.18. The third-order valence-corrected chi connectivity index (χ3v) is 4.07. The second-order valence-electron chi connectivity index (χ2n) is 3.90. The lowest BCUT2D eigenvalue weighted by Crippen LogP contribution is -2.10. The molecule has 0 aliphatic carbocycles. The largest absolute Gasteiger partial charge is 0.146 e. The van der Waals surface area contributed by atoms with Crippen molar-refractivity contribution in [3.05, 3.63) is 57.0 Å². The van der Waals surface area contributed by atoms with Crippen molar-refractivity contribution in [1.82, 2.24) is 0 Å². The number of hydrogen-bond acceptors (Lipinski definition) is 1. The molecule has 0 spiro atoms. The van der Waals surface area contributed by atoms with Crippen LogP contribution in [0.1, 0.15) is 15.3 Å². The molecule has 0 saturated carbocycles. The van der Waals surface area contributed by atoms with Crippen molar-refractivity contribution in [2.45, 2.75) is 20.3 Å². The first-order valence-electron chi connectivity index (χ1n) is 5.47. The smallest absolute Gasteiger partial charge is 0.141 e. The van der Waals surface area contributed by atoms with Gasteiger partial charge in [-0.15, -0.1) is 17.1 Å². The van der Waals surface area contributed by atoms with Gasteiger partial charge in [-0.2, -0.15) is 0 Å². The van der Waals surface area contributed by atoms with E-state index in [0.29, 0.717) is 0 Å². The standard InChI is InChI=1S/C14H16BClS/c1-4-6-12(7-5-8-16)9-13-10(2)17-11(3)14(13)15/h5-8H,1,9,15H2,2-3H3/b8-5+,12-7+. The normalized spacial score (nSPS) is 11.8. The van der Waals surface area contributed by atoms with Gasteiger partial charge >= 0.3 is 0 Å². The number of thiophene rings is 1. The monoisotopic (exact) mass is 262 g/mol. The molecule has 0 amide bonds. The SMILES string of the molecule is Bc1c(C)sc(C)c1C/C(C=C=C)=C/C=C/Cl. The van der Waals surface area contributed by atoms with Gasteiger partial charge in [0, 0.05) is 10.4 Å². The van der Waals surface area contributed by atoms with Crippen LogP contribution >= 0.6 is 22.9 Å². The first kappa shape index (κ1) is 14.1. The van der Waals surface area contributed by atoms with Crippen LogP contribution in [0.25, 0.3) is 0 Å². The Balaban J connectivity index is 3.05. The Labute approximate surface area is 113 Å². The zero-order valence-corrected chi connectivity index (χ0v) is 12.1. The second kappa shape index (κ2) is 6.71. The molecule has 0 radical (unpaired) electrons. The summed E-state index contributed by atoms with van der Waals surface area (Å²) in [4.78, 5) is 2.78. The molecule has 1 aromatic rings. The second-order valence-corrected chi connectivity index (χ2v) is 5.58. The van der Waals surface area contributed by atoms with Gasteiger partial charge in [-0.3, -0.25) is 0 Å². The van der Waals surface area contributed by atoms with Crippen LogP contribution in [-0.2, 0) is 6.42 Å². The summed E-state index contributed by atoms with van der Waals surface area (Å²) >= 11 is 7.40. The quantitative estimate of drug-likeness (QED) is 0.444. The predicted octanol–water partition coefficient (Wildman–Crippen LogP) is 3.19. The maximum Gasteiger partial charge on any atom is 0.141 e. The minimum Gasteiger partial charge on any atom is -0.146 e. The van der Waals surface area contributed by atoms with Gasteiger partial charge in [-0.1, -0.05) is 35.8 Å². The fourth-order valence-corrected chi connectivity index (χ4v) is 2.91. The zero-order valence-electron chi connectivity index (χ0n) is 10.5. The summed E-state index contributed by atoms with van der Waals surface area (Å²) in [5.41, 5.74) is 8.31. The van der Waals surface area contributed by atoms with E-state index in [2.05, 4.69) is 34.0 Å². The molecule has 1 rings (SSSR count). The molecule has 0 bridgehead atoms. The Hall–Kier alpha value is -0.945. The minimum atomic E-state index is 0.908. The van der Waals surface area contributed by atoms with Crippen molar-refractivity contribution in [3.8, 4) is 0 Å². The molecule has 88 valence electrons. The molecule has 0 nitrogen and oxygen atoms in total. The molecule has 0 N–H and O–H groups in total. The third kappa shape index (κ3) is 3.78. The van der Waals surface area contributed by atoms with Crippen molar-refractivity contribution in [2.24, 2.45) is 0 Å². The molecule has 1 aromatic heterocycles. The molecule has 0 atom stereocenters. The average molecular weight is 263 g/mol. The highest BCUT2D eigenvalue weighted by molar-refractivity contribution is 7.13. The number of allylic oxidation sites excluding steroid dienone is 4. The van der Waals surface area contributed by atoms with Gasteiger partial charge < -0.3 is 0 Å². The predicted molar refractivity (Wildman–Crippen MR) is 82.5 cm³/mol. The first-order chi connectivity index (χ1) is 8.10. The summed E-state index contributed by atoms with van der Waals surface area (Å²) in [6, 6.07) is 0. The van der Waals surface area contributed by atoms with E-state index in [1.807, 2.05) is 29.6 Å². The van der Waals surface area contributed by atoms with E-state index in [1.165, 1.54) is 31.9 Å². The van der Waals surface area contributed by atoms with Crippen molar-refractivity contribution in [1.29, 1.82) is 0 Å². The summed E-state index contributed by atoms with van der Waals surface area (Å²) in [6.45, 7) is 7.97. The first-order valence-corrected chi connectivity index (χ1v) is 6.72. The summed E-state index contributed by atoms with van der Waals surface area (Å²) in [5, 5.41) is 0. The number of aryl methyl sites for hydroxylation is 2. The van der Waals surface area contributed by atoms with Gasteiger partial charge in [0.2, 0.25) is 0 Å². The van der Waals surface area contributed by atoms with E-state index in [1.54, 1.807) is 0 Å². The third-order valence-electron chi connectivity index (χ3n) is 2.76. The van der Waals surface area contributed by atoms with Crippen LogP contribution in [0.15, 0.2) is 41.6 Å². The molecule has 17 heavy (non-hydrogen) atoms. The van der Waals surface area contributed by atoms with Crippen molar-refractivity contribution in [2.75, 3.05) is 0 Å². The lowest BCUT2D eigenvalue weighted by atomic mass is 9.88. The van der Waals surface area contributed by atoms with Crippen molar-refractivity contribution < 1.29 is 0 Å². The van der Waals surface area contributed by atoms with Crippen LogP contribution in [-0.4, -0.2) is 7.85 Å². The number of hydrogen-bond donors (Lipinski definition) is 0. The molecular weight excluding hydrogens is 246 g/mol. The molecule has 0 aliphatic rings. The molecule has 1 heterocycles. The molecule has 0 saturated heterocycles. The van der Waals surface area contributed by atoms with Gasteiger partial charge in [-0.05, 0) is 42.4 Å². The van der Waals surface area contributed by atoms with E-state index in [-0.39, 0.29) is 0 Å². The molecule has 0 aromatic carbocycles. The highest BCUT2D eigenvalue weighted by atomic mass is 35.5. The van der Waals surface area contributed by atoms with Crippen molar-refractivity contribution in [3.63, 3.8) is 0 Å². The Morgan fingerprint density at radius 2 is 2.18 bits per heavy atom. The molecule has 0 aliphatic heterocycles. The maximum absolute atomic E-state index is 5.54. The molecule has 0 unspecified atom stereocenters. The van der Waals surface area contributed by atoms with Crippen LogP contribution in [0.4, 0.5) is 0 Å². The van der Waals surface area contributed by atoms with Gasteiger partial charge in [0.05, 0.1) is 0 Å². The lowest BCUT2D eigenvalue weighted by Gasteiger charge is -2.03. The van der Waals surface area contributed by atoms with Gasteiger partial charge in [-0.25, -0.2) is 0 Å². The van der Waals surface area contributed by atoms with E-state index < -0.39 is 0 Å². The van der Waals surface area contributed by atoms with Crippen LogP contribution < -0.4 is 5.46 Å². The van der Waals surface area contributed by atoms with Gasteiger partial charge in [0.25, 0.3) is 0 Å². The van der Waals surface area contributed by atoms with E-state index >= 15 is 0 Å². The van der Waals surface area contributed by atoms with Crippen LogP contribution in [0, 0.1) is 13.8 Å². The van der Waals surface area contributed by atoms with Crippen molar-refractivity contribution >= 4 is 36.2 Å². The molecule has 0 fully saturated rings. The highest BCUT2D eigenvalue weighted by Gasteiger charge is 2.09. The van der Waals surface area contributed by atoms with E-state index in [0.717, 1.165) is 6.42 Å². The minimum absolute atomic E-state index is 0.908. The Kier molecular flexibility index (Phi) is 5.57. The fraction of sp³-hybridized carbons (Fsp3) is 0.214. The van der Waals surface area contributed by atoms with Crippen LogP contribution in [0.3, 0.4) is 0 Å².